The zero-order chi connectivity index (χ0) is 13.0. The first-order valence-corrected chi connectivity index (χ1v) is 6.54. The van der Waals surface area contributed by atoms with Crippen LogP contribution in [0.4, 0.5) is 5.69 Å². The Hall–Kier alpha value is -1.50. The highest BCUT2D eigenvalue weighted by Gasteiger charge is 2.01. The number of nitrogens with zero attached hydrogens (tertiary/aromatic N) is 1. The molecule has 2 rings (SSSR count). The van der Waals surface area contributed by atoms with E-state index >= 15 is 0 Å². The van der Waals surface area contributed by atoms with Gasteiger partial charge in [0.2, 0.25) is 0 Å². The maximum absolute atomic E-state index is 8.79. The minimum absolute atomic E-state index is 0.469. The third-order valence-electron chi connectivity index (χ3n) is 2.48. The van der Waals surface area contributed by atoms with Gasteiger partial charge >= 0.3 is 0 Å². The second-order valence-corrected chi connectivity index (χ2v) is 5.11. The molecule has 0 aliphatic rings. The van der Waals surface area contributed by atoms with Crippen LogP contribution in [0.5, 0.6) is 0 Å². The van der Waals surface area contributed by atoms with Crippen molar-refractivity contribution in [2.75, 3.05) is 5.32 Å². The summed E-state index contributed by atoms with van der Waals surface area (Å²) in [6.07, 6.45) is 0. The van der Waals surface area contributed by atoms with Gasteiger partial charge in [0, 0.05) is 16.7 Å². The fourth-order valence-electron chi connectivity index (χ4n) is 1.57. The number of halogens is 2. The largest absolute Gasteiger partial charge is 0.381 e. The van der Waals surface area contributed by atoms with Crippen LogP contribution >= 0.6 is 27.5 Å². The van der Waals surface area contributed by atoms with Crippen LogP contribution in [-0.4, -0.2) is 0 Å². The monoisotopic (exact) mass is 320 g/mol. The Balaban J connectivity index is 2.07. The molecule has 0 amide bonds. The lowest BCUT2D eigenvalue weighted by Gasteiger charge is -2.07. The van der Waals surface area contributed by atoms with E-state index in [0.29, 0.717) is 17.1 Å². The molecule has 0 aliphatic heterocycles. The molecule has 0 fully saturated rings. The zero-order valence-corrected chi connectivity index (χ0v) is 11.8. The standard InChI is InChI=1S/C14H10BrClN2/c15-12-3-1-2-10(6-12)9-18-13-5-4-11(8-17)14(16)7-13/h1-7,18H,9H2. The number of benzene rings is 2. The van der Waals surface area contributed by atoms with Crippen LogP contribution in [0.1, 0.15) is 11.1 Å². The molecule has 0 atom stereocenters. The van der Waals surface area contributed by atoms with Crippen molar-refractivity contribution in [3.05, 3.63) is 63.1 Å². The molecule has 2 aromatic carbocycles. The average Bonchev–Trinajstić information content (AvgIpc) is 2.37. The van der Waals surface area contributed by atoms with Gasteiger partial charge < -0.3 is 5.32 Å². The van der Waals surface area contributed by atoms with Crippen molar-refractivity contribution in [1.82, 2.24) is 0 Å². The number of nitrogens with one attached hydrogen (secondary N) is 1. The molecule has 90 valence electrons. The van der Waals surface area contributed by atoms with Gasteiger partial charge in [-0.05, 0) is 35.9 Å². The summed E-state index contributed by atoms with van der Waals surface area (Å²) in [5.41, 5.74) is 2.56. The van der Waals surface area contributed by atoms with Gasteiger partial charge in [-0.3, -0.25) is 0 Å². The summed E-state index contributed by atoms with van der Waals surface area (Å²) in [5, 5.41) is 12.5. The van der Waals surface area contributed by atoms with Crippen LogP contribution in [0.25, 0.3) is 0 Å². The van der Waals surface area contributed by atoms with Crippen LogP contribution in [-0.2, 0) is 6.54 Å². The number of rotatable bonds is 3. The lowest BCUT2D eigenvalue weighted by atomic mass is 10.2. The molecule has 18 heavy (non-hydrogen) atoms. The topological polar surface area (TPSA) is 35.8 Å². The molecule has 0 aliphatic carbocycles. The highest BCUT2D eigenvalue weighted by Crippen LogP contribution is 2.21. The van der Waals surface area contributed by atoms with E-state index in [0.717, 1.165) is 10.2 Å². The van der Waals surface area contributed by atoms with Gasteiger partial charge in [0.25, 0.3) is 0 Å². The Kier molecular flexibility index (Phi) is 4.24. The van der Waals surface area contributed by atoms with E-state index in [4.69, 9.17) is 16.9 Å². The molecule has 0 spiro atoms. The molecule has 0 bridgehead atoms. The third-order valence-corrected chi connectivity index (χ3v) is 3.28. The van der Waals surface area contributed by atoms with Crippen molar-refractivity contribution >= 4 is 33.2 Å². The Morgan fingerprint density at radius 2 is 2.06 bits per heavy atom. The molecule has 2 aromatic rings. The molecule has 4 heteroatoms. The lowest BCUT2D eigenvalue weighted by Crippen LogP contribution is -1.99. The smallest absolute Gasteiger partial charge is 0.101 e. The summed E-state index contributed by atoms with van der Waals surface area (Å²) >= 11 is 9.40. The Labute approximate surface area is 119 Å². The van der Waals surface area contributed by atoms with Crippen molar-refractivity contribution in [2.24, 2.45) is 0 Å². The second kappa shape index (κ2) is 5.90. The highest BCUT2D eigenvalue weighted by atomic mass is 79.9. The molecular weight excluding hydrogens is 312 g/mol. The van der Waals surface area contributed by atoms with Gasteiger partial charge in [-0.2, -0.15) is 5.26 Å². The van der Waals surface area contributed by atoms with Crippen LogP contribution < -0.4 is 5.32 Å². The normalized spacial score (nSPS) is 9.83. The van der Waals surface area contributed by atoms with Crippen LogP contribution in [0.15, 0.2) is 46.9 Å². The number of hydrogen-bond acceptors (Lipinski definition) is 2. The van der Waals surface area contributed by atoms with E-state index < -0.39 is 0 Å². The van der Waals surface area contributed by atoms with E-state index in [-0.39, 0.29) is 0 Å². The minimum Gasteiger partial charge on any atom is -0.381 e. The van der Waals surface area contributed by atoms with E-state index in [1.165, 1.54) is 5.56 Å². The molecule has 2 nitrogen and oxygen atoms in total. The summed E-state index contributed by atoms with van der Waals surface area (Å²) < 4.78 is 1.06. The summed E-state index contributed by atoms with van der Waals surface area (Å²) in [6.45, 7) is 0.710. The quantitative estimate of drug-likeness (QED) is 0.897. The molecule has 0 radical (unpaired) electrons. The maximum atomic E-state index is 8.79. The summed E-state index contributed by atoms with van der Waals surface area (Å²) in [4.78, 5) is 0. The van der Waals surface area contributed by atoms with Crippen LogP contribution in [0.2, 0.25) is 5.02 Å². The van der Waals surface area contributed by atoms with Crippen LogP contribution in [0.3, 0.4) is 0 Å². The fraction of sp³-hybridized carbons (Fsp3) is 0.0714. The van der Waals surface area contributed by atoms with Gasteiger partial charge in [0.1, 0.15) is 6.07 Å². The number of nitriles is 1. The summed E-state index contributed by atoms with van der Waals surface area (Å²) in [6, 6.07) is 15.4. The van der Waals surface area contributed by atoms with Gasteiger partial charge in [-0.15, -0.1) is 0 Å². The predicted octanol–water partition coefficient (Wildman–Crippen LogP) is 4.59. The first-order valence-electron chi connectivity index (χ1n) is 5.37. The average molecular weight is 322 g/mol. The van der Waals surface area contributed by atoms with Crippen molar-refractivity contribution < 1.29 is 0 Å². The first-order chi connectivity index (χ1) is 8.69. The van der Waals surface area contributed by atoms with Gasteiger partial charge in [0.05, 0.1) is 10.6 Å². The van der Waals surface area contributed by atoms with Crippen molar-refractivity contribution in [1.29, 1.82) is 5.26 Å². The fourth-order valence-corrected chi connectivity index (χ4v) is 2.24. The van der Waals surface area contributed by atoms with E-state index in [9.17, 15) is 0 Å². The Bertz CT molecular complexity index is 605. The van der Waals surface area contributed by atoms with Crippen LogP contribution in [0, 0.1) is 11.3 Å². The van der Waals surface area contributed by atoms with E-state index in [2.05, 4.69) is 27.3 Å². The summed E-state index contributed by atoms with van der Waals surface area (Å²) in [7, 11) is 0. The Morgan fingerprint density at radius 1 is 1.22 bits per heavy atom. The Morgan fingerprint density at radius 3 is 2.72 bits per heavy atom. The third kappa shape index (κ3) is 3.25. The van der Waals surface area contributed by atoms with Crippen molar-refractivity contribution in [3.63, 3.8) is 0 Å². The minimum atomic E-state index is 0.469. The van der Waals surface area contributed by atoms with Crippen molar-refractivity contribution in [2.45, 2.75) is 6.54 Å². The number of anilines is 1. The van der Waals surface area contributed by atoms with E-state index in [1.807, 2.05) is 30.3 Å². The molecule has 1 N–H and O–H groups in total. The molecule has 0 heterocycles. The predicted molar refractivity (Wildman–Crippen MR) is 77.6 cm³/mol. The molecule has 0 saturated carbocycles. The molecule has 0 saturated heterocycles. The lowest BCUT2D eigenvalue weighted by molar-refractivity contribution is 1.15. The second-order valence-electron chi connectivity index (χ2n) is 3.79. The summed E-state index contributed by atoms with van der Waals surface area (Å²) in [5.74, 6) is 0. The molecule has 0 aromatic heterocycles. The van der Waals surface area contributed by atoms with Gasteiger partial charge in [-0.25, -0.2) is 0 Å². The van der Waals surface area contributed by atoms with Gasteiger partial charge in [0.15, 0.2) is 0 Å². The molecular formula is C14H10BrClN2. The number of hydrogen-bond donors (Lipinski definition) is 1. The SMILES string of the molecule is N#Cc1ccc(NCc2cccc(Br)c2)cc1Cl. The van der Waals surface area contributed by atoms with Gasteiger partial charge in [-0.1, -0.05) is 39.7 Å². The van der Waals surface area contributed by atoms with E-state index in [1.54, 1.807) is 12.1 Å². The first kappa shape index (κ1) is 12.9. The zero-order valence-electron chi connectivity index (χ0n) is 9.45. The molecule has 0 unspecified atom stereocenters. The maximum Gasteiger partial charge on any atom is 0.101 e. The highest BCUT2D eigenvalue weighted by molar-refractivity contribution is 9.10. The van der Waals surface area contributed by atoms with Crippen molar-refractivity contribution in [3.8, 4) is 6.07 Å².